The van der Waals surface area contributed by atoms with E-state index in [2.05, 4.69) is 5.16 Å². The van der Waals surface area contributed by atoms with Crippen molar-refractivity contribution in [3.8, 4) is 0 Å². The second-order valence-electron chi connectivity index (χ2n) is 6.13. The van der Waals surface area contributed by atoms with Crippen LogP contribution in [0.5, 0.6) is 0 Å². The van der Waals surface area contributed by atoms with Gasteiger partial charge in [0.25, 0.3) is 5.91 Å². The number of nitrogens with zero attached hydrogens (tertiary/aromatic N) is 2. The van der Waals surface area contributed by atoms with Crippen molar-refractivity contribution in [1.82, 2.24) is 10.1 Å². The van der Waals surface area contributed by atoms with Crippen LogP contribution in [0, 0.1) is 0 Å². The van der Waals surface area contributed by atoms with Crippen molar-refractivity contribution in [1.29, 1.82) is 0 Å². The standard InChI is InChI=1S/C15H23N3O4/c1-10(2)12-7-11(17-22-12)14(20)18-6-4-5-15(18,9-21-3)8-13(16)19/h7,10H,4-6,8-9H2,1-3H3,(H2,16,19). The lowest BCUT2D eigenvalue weighted by Crippen LogP contribution is -2.52. The van der Waals surface area contributed by atoms with Crippen LogP contribution < -0.4 is 5.73 Å². The lowest BCUT2D eigenvalue weighted by atomic mass is 9.92. The molecule has 7 nitrogen and oxygen atoms in total. The predicted octanol–water partition coefficient (Wildman–Crippen LogP) is 1.29. The molecule has 1 aliphatic rings. The molecule has 0 saturated carbocycles. The summed E-state index contributed by atoms with van der Waals surface area (Å²) in [6.07, 6.45) is 1.57. The van der Waals surface area contributed by atoms with Crippen molar-refractivity contribution in [2.45, 2.75) is 44.6 Å². The van der Waals surface area contributed by atoms with Crippen molar-refractivity contribution < 1.29 is 18.8 Å². The van der Waals surface area contributed by atoms with Crippen molar-refractivity contribution in [2.75, 3.05) is 20.3 Å². The molecule has 1 aromatic rings. The average molecular weight is 309 g/mol. The van der Waals surface area contributed by atoms with Gasteiger partial charge in [0.15, 0.2) is 5.69 Å². The molecule has 0 spiro atoms. The van der Waals surface area contributed by atoms with E-state index in [1.54, 1.807) is 18.1 Å². The van der Waals surface area contributed by atoms with Gasteiger partial charge >= 0.3 is 0 Å². The number of nitrogens with two attached hydrogens (primary N) is 1. The van der Waals surface area contributed by atoms with Crippen LogP contribution in [-0.4, -0.2) is 47.7 Å². The Labute approximate surface area is 129 Å². The maximum atomic E-state index is 12.8. The number of likely N-dealkylation sites (tertiary alicyclic amines) is 1. The van der Waals surface area contributed by atoms with Gasteiger partial charge in [-0.15, -0.1) is 0 Å². The second kappa shape index (κ2) is 6.48. The topological polar surface area (TPSA) is 98.7 Å². The minimum absolute atomic E-state index is 0.0848. The Kier molecular flexibility index (Phi) is 4.85. The summed E-state index contributed by atoms with van der Waals surface area (Å²) >= 11 is 0. The molecule has 7 heteroatoms. The van der Waals surface area contributed by atoms with Gasteiger partial charge in [-0.3, -0.25) is 9.59 Å². The maximum absolute atomic E-state index is 12.8. The van der Waals surface area contributed by atoms with Gasteiger partial charge in [-0.1, -0.05) is 19.0 Å². The van der Waals surface area contributed by atoms with Gasteiger partial charge < -0.3 is 19.9 Å². The number of methoxy groups -OCH3 is 1. The van der Waals surface area contributed by atoms with E-state index in [9.17, 15) is 9.59 Å². The first-order chi connectivity index (χ1) is 10.4. The van der Waals surface area contributed by atoms with E-state index in [1.807, 2.05) is 13.8 Å². The highest BCUT2D eigenvalue weighted by Crippen LogP contribution is 2.34. The normalized spacial score (nSPS) is 21.5. The molecule has 2 amide bonds. The summed E-state index contributed by atoms with van der Waals surface area (Å²) in [5, 5.41) is 3.86. The van der Waals surface area contributed by atoms with E-state index in [1.165, 1.54) is 0 Å². The van der Waals surface area contributed by atoms with E-state index in [0.717, 1.165) is 6.42 Å². The first kappa shape index (κ1) is 16.5. The lowest BCUT2D eigenvalue weighted by molar-refractivity contribution is -0.121. The maximum Gasteiger partial charge on any atom is 0.276 e. The molecular weight excluding hydrogens is 286 g/mol. The first-order valence-corrected chi connectivity index (χ1v) is 7.45. The highest BCUT2D eigenvalue weighted by atomic mass is 16.5. The van der Waals surface area contributed by atoms with Gasteiger partial charge in [0.2, 0.25) is 5.91 Å². The molecule has 0 aromatic carbocycles. The van der Waals surface area contributed by atoms with Crippen LogP contribution >= 0.6 is 0 Å². The van der Waals surface area contributed by atoms with E-state index in [0.29, 0.717) is 18.7 Å². The van der Waals surface area contributed by atoms with E-state index >= 15 is 0 Å². The molecule has 2 N–H and O–H groups in total. The van der Waals surface area contributed by atoms with Crippen molar-refractivity contribution in [2.24, 2.45) is 5.73 Å². The average Bonchev–Trinajstić information content (AvgIpc) is 3.05. The number of amides is 2. The van der Waals surface area contributed by atoms with Gasteiger partial charge in [-0.25, -0.2) is 0 Å². The molecule has 1 fully saturated rings. The van der Waals surface area contributed by atoms with Gasteiger partial charge in [0.05, 0.1) is 18.6 Å². The Balaban J connectivity index is 2.26. The molecule has 2 heterocycles. The van der Waals surface area contributed by atoms with E-state index in [-0.39, 0.29) is 30.5 Å². The zero-order chi connectivity index (χ0) is 16.3. The largest absolute Gasteiger partial charge is 0.382 e. The van der Waals surface area contributed by atoms with Gasteiger partial charge in [-0.2, -0.15) is 0 Å². The molecule has 2 rings (SSSR count). The molecule has 1 saturated heterocycles. The summed E-state index contributed by atoms with van der Waals surface area (Å²) in [7, 11) is 1.55. The summed E-state index contributed by atoms with van der Waals surface area (Å²) in [6, 6.07) is 1.66. The predicted molar refractivity (Wildman–Crippen MR) is 79.3 cm³/mol. The fourth-order valence-electron chi connectivity index (χ4n) is 3.03. The molecule has 0 radical (unpaired) electrons. The number of carbonyl (C=O) groups is 2. The third-order valence-corrected chi connectivity index (χ3v) is 4.07. The van der Waals surface area contributed by atoms with Crippen LogP contribution in [0.15, 0.2) is 10.6 Å². The number of ether oxygens (including phenoxy) is 1. The van der Waals surface area contributed by atoms with Crippen LogP contribution in [0.3, 0.4) is 0 Å². The SMILES string of the molecule is COCC1(CC(N)=O)CCCN1C(=O)c1cc(C(C)C)on1. The second-order valence-corrected chi connectivity index (χ2v) is 6.13. The first-order valence-electron chi connectivity index (χ1n) is 7.45. The third kappa shape index (κ3) is 3.14. The summed E-state index contributed by atoms with van der Waals surface area (Å²) in [4.78, 5) is 25.8. The van der Waals surface area contributed by atoms with Crippen molar-refractivity contribution >= 4 is 11.8 Å². The van der Waals surface area contributed by atoms with Crippen LogP contribution in [0.1, 0.15) is 55.3 Å². The highest BCUT2D eigenvalue weighted by Gasteiger charge is 2.45. The summed E-state index contributed by atoms with van der Waals surface area (Å²) < 4.78 is 10.4. The zero-order valence-corrected chi connectivity index (χ0v) is 13.3. The van der Waals surface area contributed by atoms with Crippen LogP contribution in [0.4, 0.5) is 0 Å². The molecule has 122 valence electrons. The molecule has 1 aliphatic heterocycles. The fourth-order valence-corrected chi connectivity index (χ4v) is 3.03. The lowest BCUT2D eigenvalue weighted by Gasteiger charge is -2.36. The van der Waals surface area contributed by atoms with Gasteiger partial charge in [-0.05, 0) is 12.8 Å². The highest BCUT2D eigenvalue weighted by molar-refractivity contribution is 5.93. The van der Waals surface area contributed by atoms with Crippen LogP contribution in [0.25, 0.3) is 0 Å². The number of aromatic nitrogens is 1. The number of hydrogen-bond acceptors (Lipinski definition) is 5. The Hall–Kier alpha value is -1.89. The molecule has 1 aromatic heterocycles. The quantitative estimate of drug-likeness (QED) is 0.853. The number of hydrogen-bond donors (Lipinski definition) is 1. The Bertz CT molecular complexity index is 555. The fraction of sp³-hybridized carbons (Fsp3) is 0.667. The number of rotatable bonds is 6. The van der Waals surface area contributed by atoms with Crippen molar-refractivity contribution in [3.05, 3.63) is 17.5 Å². The Morgan fingerprint density at radius 1 is 1.55 bits per heavy atom. The monoisotopic (exact) mass is 309 g/mol. The molecular formula is C15H23N3O4. The van der Waals surface area contributed by atoms with Crippen molar-refractivity contribution in [3.63, 3.8) is 0 Å². The zero-order valence-electron chi connectivity index (χ0n) is 13.3. The summed E-state index contributed by atoms with van der Waals surface area (Å²) in [5.41, 5.74) is 4.94. The summed E-state index contributed by atoms with van der Waals surface area (Å²) in [6.45, 7) is 4.76. The minimum atomic E-state index is -0.686. The van der Waals surface area contributed by atoms with E-state index in [4.69, 9.17) is 15.0 Å². The molecule has 1 unspecified atom stereocenters. The van der Waals surface area contributed by atoms with Gasteiger partial charge in [0.1, 0.15) is 5.76 Å². The Morgan fingerprint density at radius 2 is 2.27 bits per heavy atom. The Morgan fingerprint density at radius 3 is 2.82 bits per heavy atom. The molecule has 22 heavy (non-hydrogen) atoms. The van der Waals surface area contributed by atoms with E-state index < -0.39 is 11.4 Å². The van der Waals surface area contributed by atoms with Crippen LogP contribution in [-0.2, 0) is 9.53 Å². The molecule has 1 atom stereocenters. The summed E-state index contributed by atoms with van der Waals surface area (Å²) in [5.74, 6) is 0.128. The van der Waals surface area contributed by atoms with Gasteiger partial charge in [0, 0.05) is 25.6 Å². The minimum Gasteiger partial charge on any atom is -0.382 e. The third-order valence-electron chi connectivity index (χ3n) is 4.07. The van der Waals surface area contributed by atoms with Crippen LogP contribution in [0.2, 0.25) is 0 Å². The number of primary amides is 1. The molecule has 0 aliphatic carbocycles. The number of carbonyl (C=O) groups excluding carboxylic acids is 2. The molecule has 0 bridgehead atoms. The smallest absolute Gasteiger partial charge is 0.276 e.